The first kappa shape index (κ1) is 10.7. The normalized spacial score (nSPS) is 9.77. The summed E-state index contributed by atoms with van der Waals surface area (Å²) in [6.07, 6.45) is 0. The van der Waals surface area contributed by atoms with Gasteiger partial charge in [0.25, 0.3) is 0 Å². The van der Waals surface area contributed by atoms with E-state index in [1.165, 1.54) is 6.92 Å². The van der Waals surface area contributed by atoms with Crippen LogP contribution in [-0.4, -0.2) is 5.97 Å². The van der Waals surface area contributed by atoms with Crippen LogP contribution in [0, 0.1) is 0 Å². The first-order chi connectivity index (χ1) is 6.09. The maximum atomic E-state index is 10.5. The molecule has 1 aromatic rings. The van der Waals surface area contributed by atoms with Gasteiger partial charge in [0.2, 0.25) is 0 Å². The summed E-state index contributed by atoms with van der Waals surface area (Å²) in [6, 6.07) is 5.01. The Kier molecular flexibility index (Phi) is 3.90. The number of carbonyl (C=O) groups is 1. The predicted octanol–water partition coefficient (Wildman–Crippen LogP) is 3.56. The van der Waals surface area contributed by atoms with E-state index >= 15 is 0 Å². The highest BCUT2D eigenvalue weighted by molar-refractivity contribution is 7.95. The minimum Gasteiger partial charge on any atom is -0.386 e. The van der Waals surface area contributed by atoms with E-state index in [0.29, 0.717) is 10.0 Å². The lowest BCUT2D eigenvalue weighted by Crippen LogP contribution is -1.88. The summed E-state index contributed by atoms with van der Waals surface area (Å²) in [7, 11) is 0. The first-order valence-electron chi connectivity index (χ1n) is 3.40. The van der Waals surface area contributed by atoms with Crippen LogP contribution in [0.2, 0.25) is 10.0 Å². The van der Waals surface area contributed by atoms with Crippen LogP contribution in [0.25, 0.3) is 0 Å². The highest BCUT2D eigenvalue weighted by Gasteiger charge is 2.02. The van der Waals surface area contributed by atoms with Crippen molar-refractivity contribution in [1.82, 2.24) is 0 Å². The molecule has 1 rings (SSSR count). The van der Waals surface area contributed by atoms with Crippen molar-refractivity contribution in [3.63, 3.8) is 0 Å². The summed E-state index contributed by atoms with van der Waals surface area (Å²) < 4.78 is 4.70. The number of hydrogen-bond acceptors (Lipinski definition) is 3. The second-order valence-corrected chi connectivity index (χ2v) is 3.85. The van der Waals surface area contributed by atoms with Crippen LogP contribution in [0.1, 0.15) is 6.92 Å². The number of hydrogen-bond donors (Lipinski definition) is 0. The molecule has 0 unspecified atom stereocenters. The van der Waals surface area contributed by atoms with Gasteiger partial charge in [-0.2, -0.15) is 0 Å². The average Bonchev–Trinajstić information content (AvgIpc) is 2.07. The SMILES string of the molecule is CC(=O)OSc1ccc(Cl)c(Cl)c1. The Labute approximate surface area is 90.4 Å². The first-order valence-corrected chi connectivity index (χ1v) is 4.89. The van der Waals surface area contributed by atoms with Crippen LogP contribution < -0.4 is 0 Å². The zero-order valence-corrected chi connectivity index (χ0v) is 9.04. The van der Waals surface area contributed by atoms with Crippen molar-refractivity contribution in [2.45, 2.75) is 11.8 Å². The molecule has 0 heterocycles. The molecule has 0 saturated heterocycles. The van der Waals surface area contributed by atoms with Crippen LogP contribution in [0.5, 0.6) is 0 Å². The van der Waals surface area contributed by atoms with Gasteiger partial charge in [0, 0.05) is 11.8 Å². The van der Waals surface area contributed by atoms with Gasteiger partial charge >= 0.3 is 5.97 Å². The van der Waals surface area contributed by atoms with Gasteiger partial charge in [-0.15, -0.1) is 0 Å². The third kappa shape index (κ3) is 3.46. The molecule has 13 heavy (non-hydrogen) atoms. The van der Waals surface area contributed by atoms with Crippen molar-refractivity contribution in [3.05, 3.63) is 28.2 Å². The Morgan fingerprint density at radius 3 is 2.62 bits per heavy atom. The molecule has 2 nitrogen and oxygen atoms in total. The van der Waals surface area contributed by atoms with Gasteiger partial charge < -0.3 is 4.18 Å². The van der Waals surface area contributed by atoms with Gasteiger partial charge in [0.05, 0.1) is 22.1 Å². The van der Waals surface area contributed by atoms with Gasteiger partial charge in [-0.05, 0) is 18.2 Å². The molecule has 0 spiro atoms. The fourth-order valence-electron chi connectivity index (χ4n) is 0.635. The molecular formula is C8H6Cl2O2S. The van der Waals surface area contributed by atoms with E-state index < -0.39 is 0 Å². The number of benzene rings is 1. The Morgan fingerprint density at radius 1 is 1.38 bits per heavy atom. The maximum Gasteiger partial charge on any atom is 0.315 e. The highest BCUT2D eigenvalue weighted by atomic mass is 35.5. The van der Waals surface area contributed by atoms with E-state index in [0.717, 1.165) is 16.9 Å². The molecule has 0 radical (unpaired) electrons. The quantitative estimate of drug-likeness (QED) is 0.735. The second-order valence-electron chi connectivity index (χ2n) is 2.23. The van der Waals surface area contributed by atoms with Crippen molar-refractivity contribution >= 4 is 41.2 Å². The standard InChI is InChI=1S/C8H6Cl2O2S/c1-5(11)12-13-6-2-3-7(9)8(10)4-6/h2-4H,1H3. The molecule has 0 bridgehead atoms. The minimum absolute atomic E-state index is 0.351. The van der Waals surface area contributed by atoms with E-state index in [4.69, 9.17) is 27.4 Å². The van der Waals surface area contributed by atoms with Gasteiger partial charge in [0.1, 0.15) is 0 Å². The van der Waals surface area contributed by atoms with Crippen molar-refractivity contribution in [2.75, 3.05) is 0 Å². The Hall–Kier alpha value is -0.380. The van der Waals surface area contributed by atoms with Crippen LogP contribution >= 0.6 is 35.2 Å². The molecule has 0 fully saturated rings. The lowest BCUT2D eigenvalue weighted by atomic mass is 10.4. The Morgan fingerprint density at radius 2 is 2.08 bits per heavy atom. The second kappa shape index (κ2) is 4.74. The molecule has 70 valence electrons. The fourth-order valence-corrected chi connectivity index (χ4v) is 1.50. The summed E-state index contributed by atoms with van der Waals surface area (Å²) in [4.78, 5) is 11.2. The molecule has 0 aromatic heterocycles. The maximum absolute atomic E-state index is 10.5. The summed E-state index contributed by atoms with van der Waals surface area (Å²) in [6.45, 7) is 1.34. The molecule has 0 aliphatic carbocycles. The lowest BCUT2D eigenvalue weighted by molar-refractivity contribution is -0.130. The third-order valence-electron chi connectivity index (χ3n) is 1.15. The molecule has 5 heteroatoms. The van der Waals surface area contributed by atoms with E-state index in [-0.39, 0.29) is 5.97 Å². The summed E-state index contributed by atoms with van der Waals surface area (Å²) in [5, 5.41) is 0.924. The molecule has 0 aliphatic rings. The largest absolute Gasteiger partial charge is 0.386 e. The minimum atomic E-state index is -0.351. The van der Waals surface area contributed by atoms with Crippen LogP contribution in [0.15, 0.2) is 23.1 Å². The van der Waals surface area contributed by atoms with E-state index in [1.807, 2.05) is 0 Å². The van der Waals surface area contributed by atoms with Gasteiger partial charge in [0.15, 0.2) is 0 Å². The molecule has 0 amide bonds. The Bertz CT molecular complexity index is 328. The van der Waals surface area contributed by atoms with Crippen molar-refractivity contribution in [1.29, 1.82) is 0 Å². The summed E-state index contributed by atoms with van der Waals surface area (Å²) >= 11 is 12.4. The van der Waals surface area contributed by atoms with Crippen LogP contribution in [0.3, 0.4) is 0 Å². The van der Waals surface area contributed by atoms with Gasteiger partial charge in [-0.1, -0.05) is 23.2 Å². The molecule has 0 saturated carbocycles. The third-order valence-corrected chi connectivity index (χ3v) is 2.65. The topological polar surface area (TPSA) is 26.3 Å². The number of rotatable bonds is 2. The lowest BCUT2D eigenvalue weighted by Gasteiger charge is -2.00. The fraction of sp³-hybridized carbons (Fsp3) is 0.125. The van der Waals surface area contributed by atoms with Crippen molar-refractivity contribution in [3.8, 4) is 0 Å². The summed E-state index contributed by atoms with van der Waals surface area (Å²) in [5.74, 6) is -0.351. The van der Waals surface area contributed by atoms with E-state index in [2.05, 4.69) is 0 Å². The zero-order valence-electron chi connectivity index (χ0n) is 6.71. The van der Waals surface area contributed by atoms with E-state index in [9.17, 15) is 4.79 Å². The number of carbonyl (C=O) groups excluding carboxylic acids is 1. The molecule has 0 N–H and O–H groups in total. The van der Waals surface area contributed by atoms with Gasteiger partial charge in [-0.25, -0.2) is 0 Å². The summed E-state index contributed by atoms with van der Waals surface area (Å²) in [5.41, 5.74) is 0. The molecule has 1 aromatic carbocycles. The molecule has 0 aliphatic heterocycles. The molecule has 0 atom stereocenters. The number of halogens is 2. The molecular weight excluding hydrogens is 231 g/mol. The van der Waals surface area contributed by atoms with Crippen LogP contribution in [-0.2, 0) is 8.98 Å². The zero-order chi connectivity index (χ0) is 9.84. The van der Waals surface area contributed by atoms with Crippen LogP contribution in [0.4, 0.5) is 0 Å². The monoisotopic (exact) mass is 236 g/mol. The van der Waals surface area contributed by atoms with E-state index in [1.54, 1.807) is 18.2 Å². The van der Waals surface area contributed by atoms with Crippen molar-refractivity contribution in [2.24, 2.45) is 0 Å². The average molecular weight is 237 g/mol. The predicted molar refractivity (Wildman–Crippen MR) is 54.1 cm³/mol. The highest BCUT2D eigenvalue weighted by Crippen LogP contribution is 2.28. The Balaban J connectivity index is 2.68. The smallest absolute Gasteiger partial charge is 0.315 e. The van der Waals surface area contributed by atoms with Crippen molar-refractivity contribution < 1.29 is 8.98 Å². The van der Waals surface area contributed by atoms with Gasteiger partial charge in [-0.3, -0.25) is 4.79 Å².